The summed E-state index contributed by atoms with van der Waals surface area (Å²) in [5.74, 6) is -0.240. The first-order valence-electron chi connectivity index (χ1n) is 4.59. The fraction of sp³-hybridized carbons (Fsp3) is 0.625. The maximum atomic E-state index is 11.4. The van der Waals surface area contributed by atoms with Crippen LogP contribution in [0, 0.1) is 0 Å². The summed E-state index contributed by atoms with van der Waals surface area (Å²) in [6.45, 7) is 3.84. The second-order valence-corrected chi connectivity index (χ2v) is 4.23. The van der Waals surface area contributed by atoms with Crippen LogP contribution in [0.2, 0.25) is 4.47 Å². The summed E-state index contributed by atoms with van der Waals surface area (Å²) < 4.78 is 5.40. The van der Waals surface area contributed by atoms with Gasteiger partial charge in [-0.1, -0.05) is 11.3 Å². The van der Waals surface area contributed by atoms with E-state index in [4.69, 9.17) is 16.3 Å². The maximum Gasteiger partial charge on any atom is 0.282 e. The van der Waals surface area contributed by atoms with Crippen LogP contribution in [0.25, 0.3) is 0 Å². The van der Waals surface area contributed by atoms with E-state index >= 15 is 0 Å². The Balaban J connectivity index is 2.19. The van der Waals surface area contributed by atoms with Crippen molar-refractivity contribution in [1.82, 2.24) is 15.5 Å². The van der Waals surface area contributed by atoms with Crippen molar-refractivity contribution in [2.75, 3.05) is 19.8 Å². The summed E-state index contributed by atoms with van der Waals surface area (Å²) in [4.78, 5) is 11.4. The molecule has 0 aliphatic rings. The molecule has 0 unspecified atom stereocenters. The van der Waals surface area contributed by atoms with Gasteiger partial charge < -0.3 is 10.1 Å². The lowest BCUT2D eigenvalue weighted by atomic mass is 10.4. The van der Waals surface area contributed by atoms with E-state index in [1.54, 1.807) is 0 Å². The molecule has 1 aromatic heterocycles. The molecule has 1 aromatic rings. The first kappa shape index (κ1) is 12.4. The van der Waals surface area contributed by atoms with E-state index in [0.717, 1.165) is 17.8 Å². The van der Waals surface area contributed by atoms with E-state index in [-0.39, 0.29) is 15.4 Å². The van der Waals surface area contributed by atoms with Gasteiger partial charge in [-0.05, 0) is 24.9 Å². The molecule has 15 heavy (non-hydrogen) atoms. The first-order valence-corrected chi connectivity index (χ1v) is 5.78. The van der Waals surface area contributed by atoms with Crippen molar-refractivity contribution in [3.8, 4) is 0 Å². The van der Waals surface area contributed by atoms with Crippen LogP contribution in [0.15, 0.2) is 0 Å². The highest BCUT2D eigenvalue weighted by Gasteiger charge is 2.10. The van der Waals surface area contributed by atoms with Crippen LogP contribution in [0.5, 0.6) is 0 Å². The Morgan fingerprint density at radius 3 is 3.00 bits per heavy atom. The molecule has 0 aliphatic carbocycles. The van der Waals surface area contributed by atoms with Gasteiger partial charge >= 0.3 is 0 Å². The highest BCUT2D eigenvalue weighted by Crippen LogP contribution is 2.14. The number of amides is 1. The average Bonchev–Trinajstić information content (AvgIpc) is 2.64. The number of rotatable bonds is 6. The van der Waals surface area contributed by atoms with E-state index in [2.05, 4.69) is 15.5 Å². The predicted octanol–water partition coefficient (Wildman–Crippen LogP) is 1.35. The largest absolute Gasteiger partial charge is 0.382 e. The van der Waals surface area contributed by atoms with E-state index < -0.39 is 0 Å². The van der Waals surface area contributed by atoms with Gasteiger partial charge in [0.1, 0.15) is 0 Å². The Labute approximate surface area is 96.8 Å². The molecular formula is C8H12ClN3O2S. The lowest BCUT2D eigenvalue weighted by Gasteiger charge is -2.02. The minimum absolute atomic E-state index is 0.240. The van der Waals surface area contributed by atoms with E-state index in [0.29, 0.717) is 19.8 Å². The normalized spacial score (nSPS) is 10.3. The number of carbonyl (C=O) groups is 1. The molecule has 1 rings (SSSR count). The highest BCUT2D eigenvalue weighted by atomic mass is 35.5. The van der Waals surface area contributed by atoms with Crippen LogP contribution in [0.4, 0.5) is 0 Å². The molecule has 0 aliphatic heterocycles. The monoisotopic (exact) mass is 249 g/mol. The number of nitrogens with one attached hydrogen (secondary N) is 1. The number of aromatic nitrogens is 2. The molecule has 0 saturated heterocycles. The molecular weight excluding hydrogens is 238 g/mol. The second kappa shape index (κ2) is 6.71. The molecule has 0 atom stereocenters. The van der Waals surface area contributed by atoms with Gasteiger partial charge in [0.15, 0.2) is 0 Å². The Bertz CT molecular complexity index is 319. The van der Waals surface area contributed by atoms with Gasteiger partial charge in [0.05, 0.1) is 0 Å². The molecule has 0 fully saturated rings. The van der Waals surface area contributed by atoms with Crippen molar-refractivity contribution < 1.29 is 9.53 Å². The minimum Gasteiger partial charge on any atom is -0.382 e. The third-order valence-electron chi connectivity index (χ3n) is 1.55. The fourth-order valence-corrected chi connectivity index (χ4v) is 1.64. The van der Waals surface area contributed by atoms with Crippen molar-refractivity contribution in [3.63, 3.8) is 0 Å². The van der Waals surface area contributed by atoms with Crippen LogP contribution in [0.1, 0.15) is 23.1 Å². The molecule has 0 bridgehead atoms. The summed E-state index contributed by atoms with van der Waals surface area (Å²) in [5, 5.41) is 10.2. The Kier molecular flexibility index (Phi) is 5.52. The van der Waals surface area contributed by atoms with E-state index in [9.17, 15) is 4.79 Å². The van der Waals surface area contributed by atoms with Gasteiger partial charge in [0.2, 0.25) is 9.47 Å². The first-order chi connectivity index (χ1) is 7.24. The minimum atomic E-state index is -0.240. The van der Waals surface area contributed by atoms with Gasteiger partial charge in [-0.25, -0.2) is 0 Å². The zero-order valence-corrected chi connectivity index (χ0v) is 9.90. The zero-order valence-electron chi connectivity index (χ0n) is 8.33. The zero-order chi connectivity index (χ0) is 11.1. The van der Waals surface area contributed by atoms with E-state index in [1.165, 1.54) is 0 Å². The number of hydrogen-bond donors (Lipinski definition) is 1. The van der Waals surface area contributed by atoms with Gasteiger partial charge in [-0.15, -0.1) is 10.2 Å². The topological polar surface area (TPSA) is 64.1 Å². The standard InChI is InChI=1S/C8H12ClN3O2S/c1-2-14-5-3-4-10-6(13)7-11-12-8(9)15-7/h2-5H2,1H3,(H,10,13). The predicted molar refractivity (Wildman–Crippen MR) is 58.4 cm³/mol. The number of ether oxygens (including phenoxy) is 1. The summed E-state index contributed by atoms with van der Waals surface area (Å²) in [7, 11) is 0. The number of halogens is 1. The molecule has 1 amide bonds. The van der Waals surface area contributed by atoms with Gasteiger partial charge in [0, 0.05) is 19.8 Å². The summed E-state index contributed by atoms with van der Waals surface area (Å²) in [5.41, 5.74) is 0. The van der Waals surface area contributed by atoms with Crippen molar-refractivity contribution in [2.45, 2.75) is 13.3 Å². The van der Waals surface area contributed by atoms with Crippen LogP contribution in [-0.2, 0) is 4.74 Å². The van der Waals surface area contributed by atoms with Crippen molar-refractivity contribution in [3.05, 3.63) is 9.47 Å². The van der Waals surface area contributed by atoms with Gasteiger partial charge in [-0.3, -0.25) is 4.79 Å². The fourth-order valence-electron chi connectivity index (χ4n) is 0.893. The molecule has 84 valence electrons. The SMILES string of the molecule is CCOCCCNC(=O)c1nnc(Cl)s1. The summed E-state index contributed by atoms with van der Waals surface area (Å²) in [6.07, 6.45) is 0.784. The number of nitrogens with zero attached hydrogens (tertiary/aromatic N) is 2. The lowest BCUT2D eigenvalue weighted by Crippen LogP contribution is -2.25. The van der Waals surface area contributed by atoms with Crippen LogP contribution >= 0.6 is 22.9 Å². The second-order valence-electron chi connectivity index (χ2n) is 2.67. The average molecular weight is 250 g/mol. The Morgan fingerprint density at radius 1 is 1.60 bits per heavy atom. The van der Waals surface area contributed by atoms with Crippen molar-refractivity contribution in [1.29, 1.82) is 0 Å². The van der Waals surface area contributed by atoms with E-state index in [1.807, 2.05) is 6.92 Å². The maximum absolute atomic E-state index is 11.4. The Hall–Kier alpha value is -0.720. The molecule has 0 radical (unpaired) electrons. The van der Waals surface area contributed by atoms with Crippen molar-refractivity contribution in [2.24, 2.45) is 0 Å². The highest BCUT2D eigenvalue weighted by molar-refractivity contribution is 7.17. The molecule has 7 heteroatoms. The third-order valence-corrected chi connectivity index (χ3v) is 2.57. The molecule has 0 aromatic carbocycles. The molecule has 1 N–H and O–H groups in total. The van der Waals surface area contributed by atoms with Gasteiger partial charge in [0.25, 0.3) is 5.91 Å². The molecule has 5 nitrogen and oxygen atoms in total. The lowest BCUT2D eigenvalue weighted by molar-refractivity contribution is 0.0943. The smallest absolute Gasteiger partial charge is 0.282 e. The number of hydrogen-bond acceptors (Lipinski definition) is 5. The molecule has 0 saturated carbocycles. The summed E-state index contributed by atoms with van der Waals surface area (Å²) >= 11 is 6.62. The summed E-state index contributed by atoms with van der Waals surface area (Å²) in [6, 6.07) is 0. The third kappa shape index (κ3) is 4.55. The molecule has 1 heterocycles. The van der Waals surface area contributed by atoms with Gasteiger partial charge in [-0.2, -0.15) is 0 Å². The molecule has 0 spiro atoms. The quantitative estimate of drug-likeness (QED) is 0.773. The van der Waals surface area contributed by atoms with Crippen LogP contribution in [-0.4, -0.2) is 35.9 Å². The van der Waals surface area contributed by atoms with Crippen molar-refractivity contribution >= 4 is 28.8 Å². The number of carbonyl (C=O) groups excluding carboxylic acids is 1. The Morgan fingerprint density at radius 2 is 2.40 bits per heavy atom. The van der Waals surface area contributed by atoms with Crippen LogP contribution in [0.3, 0.4) is 0 Å². The van der Waals surface area contributed by atoms with Crippen LogP contribution < -0.4 is 5.32 Å².